The Balaban J connectivity index is 4.24. The minimum absolute atomic E-state index is 0.0613. The summed E-state index contributed by atoms with van der Waals surface area (Å²) in [7, 11) is 0. The van der Waals surface area contributed by atoms with E-state index in [1.54, 1.807) is 0 Å². The molecule has 0 aliphatic carbocycles. The maximum atomic E-state index is 12.8. The molecule has 368 valence electrons. The number of esters is 3. The second-order valence-electron chi connectivity index (χ2n) is 19.2. The highest BCUT2D eigenvalue weighted by atomic mass is 16.6. The monoisotopic (exact) mass is 877 g/mol. The number of carbonyl (C=O) groups excluding carboxylic acids is 3. The van der Waals surface area contributed by atoms with Gasteiger partial charge in [0.15, 0.2) is 6.10 Å². The molecule has 0 aliphatic rings. The molecule has 0 aliphatic heterocycles. The van der Waals surface area contributed by atoms with Gasteiger partial charge in [-0.15, -0.1) is 0 Å². The minimum atomic E-state index is -0.760. The first-order valence-corrected chi connectivity index (χ1v) is 28.0. The van der Waals surface area contributed by atoms with E-state index in [1.165, 1.54) is 225 Å². The number of unbranched alkanes of at least 4 members (excludes halogenated alkanes) is 41. The fraction of sp³-hybridized carbons (Fsp3) is 0.946. The number of ether oxygens (including phenoxy) is 3. The van der Waals surface area contributed by atoms with Gasteiger partial charge in [0, 0.05) is 19.3 Å². The van der Waals surface area contributed by atoms with E-state index in [-0.39, 0.29) is 31.1 Å². The van der Waals surface area contributed by atoms with E-state index < -0.39 is 6.10 Å². The molecule has 0 unspecified atom stereocenters. The fourth-order valence-electron chi connectivity index (χ4n) is 8.62. The molecule has 0 saturated heterocycles. The van der Waals surface area contributed by atoms with Crippen LogP contribution in [-0.4, -0.2) is 37.2 Å². The molecule has 0 rings (SSSR count). The summed E-state index contributed by atoms with van der Waals surface area (Å²) < 4.78 is 16.8. The summed E-state index contributed by atoms with van der Waals surface area (Å²) >= 11 is 0. The van der Waals surface area contributed by atoms with Crippen molar-refractivity contribution in [2.24, 2.45) is 0 Å². The first kappa shape index (κ1) is 60.4. The van der Waals surface area contributed by atoms with Crippen molar-refractivity contribution < 1.29 is 28.6 Å². The highest BCUT2D eigenvalue weighted by Crippen LogP contribution is 2.17. The first-order chi connectivity index (χ1) is 30.5. The number of hydrogen-bond donors (Lipinski definition) is 0. The molecule has 0 fully saturated rings. The van der Waals surface area contributed by atoms with Crippen LogP contribution in [0.4, 0.5) is 0 Å². The number of hydrogen-bond acceptors (Lipinski definition) is 6. The fourth-order valence-corrected chi connectivity index (χ4v) is 8.62. The van der Waals surface area contributed by atoms with Crippen molar-refractivity contribution in [1.82, 2.24) is 0 Å². The highest BCUT2D eigenvalue weighted by Gasteiger charge is 2.19. The lowest BCUT2D eigenvalue weighted by molar-refractivity contribution is -0.167. The van der Waals surface area contributed by atoms with Gasteiger partial charge >= 0.3 is 17.9 Å². The average molecular weight is 877 g/mol. The minimum Gasteiger partial charge on any atom is -0.462 e. The molecular formula is C56H108O6. The smallest absolute Gasteiger partial charge is 0.306 e. The molecule has 6 heteroatoms. The molecule has 0 aromatic rings. The molecule has 0 amide bonds. The van der Waals surface area contributed by atoms with Crippen LogP contribution in [0.5, 0.6) is 0 Å². The molecule has 0 spiro atoms. The predicted molar refractivity (Wildman–Crippen MR) is 266 cm³/mol. The molecule has 0 aromatic carbocycles. The SMILES string of the molecule is CCCCCCCCCCCCCCCCCCCCCC(=O)OC[C@@H](COC(=O)CCCCCCCCCCCCCC)OC(=O)CCCCCCCCCCCCCCC. The molecule has 0 N–H and O–H groups in total. The third-order valence-electron chi connectivity index (χ3n) is 12.9. The van der Waals surface area contributed by atoms with E-state index in [0.717, 1.165) is 57.8 Å². The van der Waals surface area contributed by atoms with Gasteiger partial charge in [0.05, 0.1) is 0 Å². The lowest BCUT2D eigenvalue weighted by atomic mass is 10.0. The van der Waals surface area contributed by atoms with Crippen molar-refractivity contribution >= 4 is 17.9 Å². The molecule has 6 nitrogen and oxygen atoms in total. The molecule has 0 radical (unpaired) electrons. The van der Waals surface area contributed by atoms with Crippen molar-refractivity contribution in [3.8, 4) is 0 Å². The first-order valence-electron chi connectivity index (χ1n) is 28.0. The van der Waals surface area contributed by atoms with Gasteiger partial charge in [-0.05, 0) is 19.3 Å². The van der Waals surface area contributed by atoms with E-state index in [9.17, 15) is 14.4 Å². The van der Waals surface area contributed by atoms with E-state index >= 15 is 0 Å². The number of carbonyl (C=O) groups is 3. The lowest BCUT2D eigenvalue weighted by Gasteiger charge is -2.18. The van der Waals surface area contributed by atoms with E-state index in [1.807, 2.05) is 0 Å². The van der Waals surface area contributed by atoms with Crippen LogP contribution in [0.1, 0.15) is 323 Å². The molecule has 0 heterocycles. The summed E-state index contributed by atoms with van der Waals surface area (Å²) in [4.78, 5) is 38.0. The standard InChI is InChI=1S/C56H108O6/c1-4-7-10-13-16-19-22-25-26-27-28-29-30-32-34-37-40-43-46-49-55(58)61-52-53(51-60-54(57)48-45-42-39-36-33-24-21-18-15-12-9-6-3)62-56(59)50-47-44-41-38-35-31-23-20-17-14-11-8-5-2/h53H,4-52H2,1-3H3/t53-/m1/s1. The van der Waals surface area contributed by atoms with Crippen molar-refractivity contribution in [2.75, 3.05) is 13.2 Å². The molecule has 0 saturated carbocycles. The van der Waals surface area contributed by atoms with Gasteiger partial charge in [-0.2, -0.15) is 0 Å². The Morgan fingerprint density at radius 1 is 0.258 bits per heavy atom. The zero-order chi connectivity index (χ0) is 45.1. The van der Waals surface area contributed by atoms with Crippen LogP contribution in [0.25, 0.3) is 0 Å². The highest BCUT2D eigenvalue weighted by molar-refractivity contribution is 5.71. The molecule has 0 aromatic heterocycles. The normalized spacial score (nSPS) is 11.9. The van der Waals surface area contributed by atoms with E-state index in [4.69, 9.17) is 14.2 Å². The quantitative estimate of drug-likeness (QED) is 0.0344. The summed E-state index contributed by atoms with van der Waals surface area (Å²) in [5, 5.41) is 0. The van der Waals surface area contributed by atoms with Crippen molar-refractivity contribution in [3.05, 3.63) is 0 Å². The summed E-state index contributed by atoms with van der Waals surface area (Å²) in [6.45, 7) is 6.69. The molecular weight excluding hydrogens is 769 g/mol. The van der Waals surface area contributed by atoms with Crippen molar-refractivity contribution in [2.45, 2.75) is 329 Å². The summed E-state index contributed by atoms with van der Waals surface area (Å²) in [5.41, 5.74) is 0. The third-order valence-corrected chi connectivity index (χ3v) is 12.9. The Morgan fingerprint density at radius 2 is 0.435 bits per heavy atom. The Hall–Kier alpha value is -1.59. The zero-order valence-electron chi connectivity index (χ0n) is 42.2. The van der Waals surface area contributed by atoms with Gasteiger partial charge in [0.1, 0.15) is 13.2 Å². The maximum absolute atomic E-state index is 12.8. The summed E-state index contributed by atoms with van der Waals surface area (Å²) in [5.74, 6) is -0.836. The van der Waals surface area contributed by atoms with Crippen LogP contribution >= 0.6 is 0 Å². The Bertz CT molecular complexity index is 920. The topological polar surface area (TPSA) is 78.9 Å². The molecule has 0 bridgehead atoms. The predicted octanol–water partition coefficient (Wildman–Crippen LogP) is 18.4. The largest absolute Gasteiger partial charge is 0.462 e. The van der Waals surface area contributed by atoms with Gasteiger partial charge in [-0.3, -0.25) is 14.4 Å². The Kier molecular flexibility index (Phi) is 50.7. The number of rotatable bonds is 52. The van der Waals surface area contributed by atoms with Gasteiger partial charge < -0.3 is 14.2 Å². The molecule has 1 atom stereocenters. The maximum Gasteiger partial charge on any atom is 0.306 e. The van der Waals surface area contributed by atoms with Gasteiger partial charge in [-0.25, -0.2) is 0 Å². The van der Waals surface area contributed by atoms with Gasteiger partial charge in [-0.1, -0.05) is 284 Å². The van der Waals surface area contributed by atoms with Crippen LogP contribution in [0.3, 0.4) is 0 Å². The average Bonchev–Trinajstić information content (AvgIpc) is 3.27. The summed E-state index contributed by atoms with van der Waals surface area (Å²) in [6.07, 6.45) is 56.6. The van der Waals surface area contributed by atoms with Gasteiger partial charge in [0.2, 0.25) is 0 Å². The van der Waals surface area contributed by atoms with Crippen LogP contribution < -0.4 is 0 Å². The van der Waals surface area contributed by atoms with Crippen molar-refractivity contribution in [1.29, 1.82) is 0 Å². The van der Waals surface area contributed by atoms with Gasteiger partial charge in [0.25, 0.3) is 0 Å². The second kappa shape index (κ2) is 52.0. The van der Waals surface area contributed by atoms with Crippen LogP contribution in [-0.2, 0) is 28.6 Å². The van der Waals surface area contributed by atoms with E-state index in [0.29, 0.717) is 19.3 Å². The Morgan fingerprint density at radius 3 is 0.645 bits per heavy atom. The summed E-state index contributed by atoms with van der Waals surface area (Å²) in [6, 6.07) is 0. The lowest BCUT2D eigenvalue weighted by Crippen LogP contribution is -2.30. The van der Waals surface area contributed by atoms with Crippen LogP contribution in [0, 0.1) is 0 Å². The zero-order valence-corrected chi connectivity index (χ0v) is 42.2. The van der Waals surface area contributed by atoms with Crippen molar-refractivity contribution in [3.63, 3.8) is 0 Å². The van der Waals surface area contributed by atoms with E-state index in [2.05, 4.69) is 20.8 Å². The molecule has 62 heavy (non-hydrogen) atoms. The van der Waals surface area contributed by atoms with Crippen LogP contribution in [0.15, 0.2) is 0 Å². The van der Waals surface area contributed by atoms with Crippen LogP contribution in [0.2, 0.25) is 0 Å². The second-order valence-corrected chi connectivity index (χ2v) is 19.2. The Labute approximate surface area is 387 Å². The third kappa shape index (κ3) is 49.4.